The molecule has 1 atom stereocenters. The van der Waals surface area contributed by atoms with Crippen LogP contribution in [-0.2, 0) is 19.5 Å². The minimum atomic E-state index is -3.07. The van der Waals surface area contributed by atoms with Gasteiger partial charge in [-0.15, -0.1) is 0 Å². The van der Waals surface area contributed by atoms with Crippen LogP contribution in [0.2, 0.25) is 0 Å². The maximum absolute atomic E-state index is 12.3. The highest BCUT2D eigenvalue weighted by molar-refractivity contribution is 7.91. The summed E-state index contributed by atoms with van der Waals surface area (Å²) in [5.74, 6) is -0.526. The van der Waals surface area contributed by atoms with E-state index >= 15 is 0 Å². The van der Waals surface area contributed by atoms with Crippen molar-refractivity contribution in [2.45, 2.75) is 19.1 Å². The molecule has 0 aromatic heterocycles. The van der Waals surface area contributed by atoms with Crippen molar-refractivity contribution < 1.29 is 36.3 Å². The molecule has 0 bridgehead atoms. The Morgan fingerprint density at radius 2 is 2.19 bits per heavy atom. The summed E-state index contributed by atoms with van der Waals surface area (Å²) in [6.45, 7) is -3.35. The first kappa shape index (κ1) is 19.9. The van der Waals surface area contributed by atoms with Gasteiger partial charge in [-0.1, -0.05) is 5.16 Å². The van der Waals surface area contributed by atoms with Crippen LogP contribution in [0.5, 0.6) is 11.5 Å². The molecule has 0 spiro atoms. The summed E-state index contributed by atoms with van der Waals surface area (Å²) >= 11 is 0. The first-order chi connectivity index (χ1) is 12.3. The fraction of sp³-hybridized carbons (Fsp3) is 0.467. The molecule has 1 aromatic carbocycles. The second kappa shape index (κ2) is 8.79. The number of methoxy groups -OCH3 is 1. The Labute approximate surface area is 149 Å². The van der Waals surface area contributed by atoms with Crippen LogP contribution >= 0.6 is 0 Å². The first-order valence-corrected chi connectivity index (χ1v) is 9.39. The summed E-state index contributed by atoms with van der Waals surface area (Å²) in [5.41, 5.74) is 0.478. The van der Waals surface area contributed by atoms with Crippen LogP contribution in [0, 0.1) is 0 Å². The number of hydrogen-bond donors (Lipinski definition) is 1. The quantitative estimate of drug-likeness (QED) is 0.522. The second-order valence-electron chi connectivity index (χ2n) is 5.46. The number of carbonyl (C=O) groups excluding carboxylic acids is 1. The topological polar surface area (TPSA) is 103 Å². The average molecular weight is 392 g/mol. The monoisotopic (exact) mass is 392 g/mol. The van der Waals surface area contributed by atoms with E-state index < -0.39 is 28.4 Å². The standard InChI is InChI=1S/C15H18F2N2O6S/c1-23-13-6-10(2-3-12(13)25-15(16)17)7-18-24-8-14(20)19-11-4-5-26(21,22)9-11/h2-3,6-7,11,15H,4-5,8-9H2,1H3,(H,19,20)/b18-7-/t11-/m1/s1. The van der Waals surface area contributed by atoms with E-state index in [0.717, 1.165) is 0 Å². The lowest BCUT2D eigenvalue weighted by Crippen LogP contribution is -2.37. The molecule has 11 heteroatoms. The number of halogens is 2. The fourth-order valence-electron chi connectivity index (χ4n) is 2.33. The Bertz CT molecular complexity index is 769. The highest BCUT2D eigenvalue weighted by Gasteiger charge is 2.28. The molecule has 1 aliphatic heterocycles. The fourth-order valence-corrected chi connectivity index (χ4v) is 4.00. The molecule has 2 rings (SSSR count). The molecule has 1 aromatic rings. The zero-order valence-corrected chi connectivity index (χ0v) is 14.7. The summed E-state index contributed by atoms with van der Waals surface area (Å²) < 4.78 is 56.4. The van der Waals surface area contributed by atoms with Gasteiger partial charge >= 0.3 is 6.61 Å². The third-order valence-electron chi connectivity index (χ3n) is 3.47. The first-order valence-electron chi connectivity index (χ1n) is 7.57. The molecule has 0 aliphatic carbocycles. The van der Waals surface area contributed by atoms with Gasteiger partial charge < -0.3 is 19.6 Å². The third-order valence-corrected chi connectivity index (χ3v) is 5.24. The van der Waals surface area contributed by atoms with Crippen molar-refractivity contribution in [2.75, 3.05) is 25.2 Å². The van der Waals surface area contributed by atoms with Gasteiger partial charge in [-0.3, -0.25) is 4.79 Å². The molecule has 0 saturated carbocycles. The van der Waals surface area contributed by atoms with Gasteiger partial charge in [-0.25, -0.2) is 8.42 Å². The number of sulfone groups is 1. The van der Waals surface area contributed by atoms with Crippen LogP contribution < -0.4 is 14.8 Å². The number of amides is 1. The van der Waals surface area contributed by atoms with Crippen molar-refractivity contribution in [2.24, 2.45) is 5.16 Å². The molecule has 1 saturated heterocycles. The van der Waals surface area contributed by atoms with Gasteiger partial charge in [0.05, 0.1) is 24.8 Å². The van der Waals surface area contributed by atoms with Crippen LogP contribution in [-0.4, -0.2) is 58.4 Å². The molecule has 1 amide bonds. The minimum Gasteiger partial charge on any atom is -0.493 e. The van der Waals surface area contributed by atoms with Crippen molar-refractivity contribution in [1.29, 1.82) is 0 Å². The summed E-state index contributed by atoms with van der Waals surface area (Å²) in [6, 6.07) is 3.75. The molecule has 0 unspecified atom stereocenters. The molecule has 1 fully saturated rings. The van der Waals surface area contributed by atoms with Crippen LogP contribution in [0.3, 0.4) is 0 Å². The highest BCUT2D eigenvalue weighted by Crippen LogP contribution is 2.28. The van der Waals surface area contributed by atoms with E-state index in [1.165, 1.54) is 31.5 Å². The van der Waals surface area contributed by atoms with E-state index in [4.69, 9.17) is 9.57 Å². The average Bonchev–Trinajstić information content (AvgIpc) is 2.90. The number of benzene rings is 1. The minimum absolute atomic E-state index is 0.0596. The Kier molecular flexibility index (Phi) is 6.72. The number of hydrogen-bond acceptors (Lipinski definition) is 7. The summed E-state index contributed by atoms with van der Waals surface area (Å²) in [4.78, 5) is 16.5. The molecular weight excluding hydrogens is 374 g/mol. The zero-order valence-electron chi connectivity index (χ0n) is 13.9. The van der Waals surface area contributed by atoms with Crippen molar-refractivity contribution in [3.05, 3.63) is 23.8 Å². The molecule has 1 aliphatic rings. The van der Waals surface area contributed by atoms with Gasteiger partial charge in [0.2, 0.25) is 0 Å². The highest BCUT2D eigenvalue weighted by atomic mass is 32.2. The number of nitrogens with zero attached hydrogens (tertiary/aromatic N) is 1. The van der Waals surface area contributed by atoms with Crippen LogP contribution in [0.25, 0.3) is 0 Å². The van der Waals surface area contributed by atoms with E-state index in [2.05, 4.69) is 15.2 Å². The van der Waals surface area contributed by atoms with E-state index in [1.807, 2.05) is 0 Å². The van der Waals surface area contributed by atoms with Gasteiger partial charge in [0.1, 0.15) is 0 Å². The lowest BCUT2D eigenvalue weighted by atomic mass is 10.2. The normalized spacial score (nSPS) is 18.8. The van der Waals surface area contributed by atoms with Crippen LogP contribution in [0.1, 0.15) is 12.0 Å². The number of nitrogens with one attached hydrogen (secondary N) is 1. The molecule has 1 heterocycles. The number of oxime groups is 1. The maximum Gasteiger partial charge on any atom is 0.387 e. The lowest BCUT2D eigenvalue weighted by Gasteiger charge is -2.10. The predicted octanol–water partition coefficient (Wildman–Crippen LogP) is 0.950. The van der Waals surface area contributed by atoms with Crippen molar-refractivity contribution in [3.8, 4) is 11.5 Å². The summed E-state index contributed by atoms with van der Waals surface area (Å²) in [6.07, 6.45) is 1.64. The SMILES string of the molecule is COc1cc(/C=N\OCC(=O)N[C@@H]2CCS(=O)(=O)C2)ccc1OC(F)F. The predicted molar refractivity (Wildman–Crippen MR) is 88.4 cm³/mol. The van der Waals surface area contributed by atoms with Gasteiger partial charge in [0.25, 0.3) is 5.91 Å². The molecule has 1 N–H and O–H groups in total. The van der Waals surface area contributed by atoms with Crippen molar-refractivity contribution in [1.82, 2.24) is 5.32 Å². The number of ether oxygens (including phenoxy) is 2. The van der Waals surface area contributed by atoms with E-state index in [-0.39, 0.29) is 29.6 Å². The van der Waals surface area contributed by atoms with Crippen LogP contribution in [0.4, 0.5) is 8.78 Å². The molecular formula is C15H18F2N2O6S. The number of alkyl halides is 2. The smallest absolute Gasteiger partial charge is 0.387 e. The second-order valence-corrected chi connectivity index (χ2v) is 7.69. The Morgan fingerprint density at radius 1 is 1.42 bits per heavy atom. The van der Waals surface area contributed by atoms with Crippen molar-refractivity contribution in [3.63, 3.8) is 0 Å². The largest absolute Gasteiger partial charge is 0.493 e. The Hall–Kier alpha value is -2.43. The third kappa shape index (κ3) is 6.14. The molecule has 8 nitrogen and oxygen atoms in total. The summed E-state index contributed by atoms with van der Waals surface area (Å²) in [5, 5.41) is 6.15. The van der Waals surface area contributed by atoms with E-state index in [0.29, 0.717) is 12.0 Å². The van der Waals surface area contributed by atoms with E-state index in [1.54, 1.807) is 0 Å². The van der Waals surface area contributed by atoms with Crippen LogP contribution in [0.15, 0.2) is 23.4 Å². The maximum atomic E-state index is 12.3. The van der Waals surface area contributed by atoms with Gasteiger partial charge in [0, 0.05) is 11.6 Å². The van der Waals surface area contributed by atoms with E-state index in [9.17, 15) is 22.0 Å². The number of rotatable bonds is 8. The summed E-state index contributed by atoms with van der Waals surface area (Å²) in [7, 11) is -1.77. The Morgan fingerprint density at radius 3 is 2.81 bits per heavy atom. The van der Waals surface area contributed by atoms with Crippen molar-refractivity contribution >= 4 is 22.0 Å². The lowest BCUT2D eigenvalue weighted by molar-refractivity contribution is -0.126. The molecule has 26 heavy (non-hydrogen) atoms. The molecule has 0 radical (unpaired) electrons. The number of carbonyl (C=O) groups is 1. The van der Waals surface area contributed by atoms with Gasteiger partial charge in [0.15, 0.2) is 27.9 Å². The van der Waals surface area contributed by atoms with Gasteiger partial charge in [-0.2, -0.15) is 8.78 Å². The zero-order chi connectivity index (χ0) is 19.2. The van der Waals surface area contributed by atoms with Gasteiger partial charge in [-0.05, 0) is 24.6 Å². The Balaban J connectivity index is 1.81. The molecule has 144 valence electrons.